The molecule has 1 atom stereocenters. The molecule has 2 saturated heterocycles. The zero-order chi connectivity index (χ0) is 19.6. The van der Waals surface area contributed by atoms with Crippen molar-refractivity contribution in [1.29, 1.82) is 0 Å². The third-order valence-corrected chi connectivity index (χ3v) is 6.30. The first-order valence-electron chi connectivity index (χ1n) is 9.98. The van der Waals surface area contributed by atoms with Crippen molar-refractivity contribution in [2.24, 2.45) is 5.92 Å². The van der Waals surface area contributed by atoms with Gasteiger partial charge in [0.25, 0.3) is 0 Å². The minimum absolute atomic E-state index is 0.148. The minimum Gasteiger partial charge on any atom is -0.508 e. The number of rotatable bonds is 4. The lowest BCUT2D eigenvalue weighted by Gasteiger charge is -2.45. The number of amides is 2. The van der Waals surface area contributed by atoms with Crippen LogP contribution in [0.1, 0.15) is 36.8 Å². The summed E-state index contributed by atoms with van der Waals surface area (Å²) in [6.07, 6.45) is 2.63. The van der Waals surface area contributed by atoms with Crippen molar-refractivity contribution >= 4 is 11.8 Å². The summed E-state index contributed by atoms with van der Waals surface area (Å²) in [6, 6.07) is 17.4. The second kappa shape index (κ2) is 7.76. The molecule has 2 amide bonds. The molecule has 2 aromatic carbocycles. The fourth-order valence-electron chi connectivity index (χ4n) is 4.83. The van der Waals surface area contributed by atoms with E-state index in [9.17, 15) is 14.7 Å². The molecule has 2 aliphatic heterocycles. The first-order valence-corrected chi connectivity index (χ1v) is 9.98. The quantitative estimate of drug-likeness (QED) is 0.803. The molecule has 0 aromatic heterocycles. The molecule has 2 aliphatic rings. The number of hydrogen-bond donors (Lipinski definition) is 2. The first-order chi connectivity index (χ1) is 13.6. The summed E-state index contributed by atoms with van der Waals surface area (Å²) in [7, 11) is 0. The van der Waals surface area contributed by atoms with Gasteiger partial charge in [-0.05, 0) is 61.5 Å². The van der Waals surface area contributed by atoms with Crippen LogP contribution >= 0.6 is 0 Å². The third kappa shape index (κ3) is 3.54. The van der Waals surface area contributed by atoms with Gasteiger partial charge in [0.05, 0.1) is 5.41 Å². The number of aromatic hydroxyl groups is 1. The van der Waals surface area contributed by atoms with E-state index in [2.05, 4.69) is 34.5 Å². The van der Waals surface area contributed by atoms with Gasteiger partial charge in [-0.1, -0.05) is 42.5 Å². The van der Waals surface area contributed by atoms with Crippen molar-refractivity contribution in [2.45, 2.75) is 37.6 Å². The fraction of sp³-hybridized carbons (Fsp3) is 0.391. The van der Waals surface area contributed by atoms with E-state index in [0.717, 1.165) is 38.0 Å². The number of nitrogens with one attached hydrogen (secondary N) is 1. The summed E-state index contributed by atoms with van der Waals surface area (Å²) >= 11 is 0. The number of nitrogens with zero attached hydrogens (tertiary/aromatic N) is 1. The molecule has 2 fully saturated rings. The first kappa shape index (κ1) is 18.7. The van der Waals surface area contributed by atoms with Gasteiger partial charge in [-0.2, -0.15) is 0 Å². The van der Waals surface area contributed by atoms with E-state index in [4.69, 9.17) is 0 Å². The summed E-state index contributed by atoms with van der Waals surface area (Å²) in [4.78, 5) is 27.3. The molecule has 0 spiro atoms. The van der Waals surface area contributed by atoms with E-state index in [1.165, 1.54) is 5.56 Å². The molecule has 0 aliphatic carbocycles. The second-order valence-electron chi connectivity index (χ2n) is 7.94. The number of carbonyl (C=O) groups is 2. The van der Waals surface area contributed by atoms with Gasteiger partial charge in [0, 0.05) is 13.0 Å². The van der Waals surface area contributed by atoms with Crippen LogP contribution in [0, 0.1) is 5.92 Å². The molecular weight excluding hydrogens is 352 g/mol. The van der Waals surface area contributed by atoms with Gasteiger partial charge in [-0.25, -0.2) is 0 Å². The van der Waals surface area contributed by atoms with Crippen LogP contribution in [0.3, 0.4) is 0 Å². The summed E-state index contributed by atoms with van der Waals surface area (Å²) in [5.41, 5.74) is 1.37. The van der Waals surface area contributed by atoms with Crippen LogP contribution in [-0.4, -0.2) is 34.9 Å². The van der Waals surface area contributed by atoms with Crippen LogP contribution in [0.25, 0.3) is 0 Å². The molecule has 0 bridgehead atoms. The van der Waals surface area contributed by atoms with Crippen LogP contribution in [0.2, 0.25) is 0 Å². The number of benzene rings is 2. The number of likely N-dealkylation sites (tertiary alicyclic amines) is 1. The molecule has 5 nitrogen and oxygen atoms in total. The van der Waals surface area contributed by atoms with E-state index >= 15 is 0 Å². The standard InChI is InChI=1S/C23H26N2O3/c26-20-8-4-7-19(15-20)23(12-9-21(27)24-22(23)28)18-10-13-25(14-11-18)16-17-5-2-1-3-6-17/h1-8,15,18,26H,9-14,16H2,(H,24,27,28). The van der Waals surface area contributed by atoms with E-state index < -0.39 is 5.41 Å². The van der Waals surface area contributed by atoms with E-state index in [1.54, 1.807) is 18.2 Å². The Kier molecular flexibility index (Phi) is 5.18. The van der Waals surface area contributed by atoms with Gasteiger partial charge in [0.2, 0.25) is 11.8 Å². The van der Waals surface area contributed by atoms with Gasteiger partial charge in [0.1, 0.15) is 5.75 Å². The Hall–Kier alpha value is -2.66. The number of piperidine rings is 2. The number of phenolic OH excluding ortho intramolecular Hbond substituents is 1. The Morgan fingerprint density at radius 1 is 1.04 bits per heavy atom. The Morgan fingerprint density at radius 2 is 1.79 bits per heavy atom. The van der Waals surface area contributed by atoms with Gasteiger partial charge < -0.3 is 5.11 Å². The molecule has 2 heterocycles. The van der Waals surface area contributed by atoms with Crippen molar-refractivity contribution in [2.75, 3.05) is 13.1 Å². The topological polar surface area (TPSA) is 69.6 Å². The molecule has 1 unspecified atom stereocenters. The normalized spacial score (nSPS) is 24.1. The largest absolute Gasteiger partial charge is 0.508 e. The molecule has 0 radical (unpaired) electrons. The lowest BCUT2D eigenvalue weighted by Crippen LogP contribution is -2.57. The third-order valence-electron chi connectivity index (χ3n) is 6.30. The maximum absolute atomic E-state index is 13.1. The van der Waals surface area contributed by atoms with Crippen LogP contribution in [-0.2, 0) is 21.5 Å². The maximum atomic E-state index is 13.1. The van der Waals surface area contributed by atoms with Gasteiger partial charge in [-0.3, -0.25) is 19.8 Å². The summed E-state index contributed by atoms with van der Waals surface area (Å²) in [5.74, 6) is -0.115. The average molecular weight is 378 g/mol. The highest BCUT2D eigenvalue weighted by molar-refractivity contribution is 6.03. The van der Waals surface area contributed by atoms with Gasteiger partial charge in [-0.15, -0.1) is 0 Å². The smallest absolute Gasteiger partial charge is 0.237 e. The van der Waals surface area contributed by atoms with Gasteiger partial charge >= 0.3 is 0 Å². The van der Waals surface area contributed by atoms with Crippen molar-refractivity contribution in [3.8, 4) is 5.75 Å². The lowest BCUT2D eigenvalue weighted by atomic mass is 9.62. The number of carbonyl (C=O) groups excluding carboxylic acids is 2. The summed E-state index contributed by atoms with van der Waals surface area (Å²) in [6.45, 7) is 2.75. The van der Waals surface area contributed by atoms with Crippen LogP contribution < -0.4 is 5.32 Å². The van der Waals surface area contributed by atoms with E-state index in [0.29, 0.717) is 12.8 Å². The maximum Gasteiger partial charge on any atom is 0.237 e. The molecular formula is C23H26N2O3. The molecule has 2 aromatic rings. The minimum atomic E-state index is -0.745. The molecule has 0 saturated carbocycles. The van der Waals surface area contributed by atoms with Gasteiger partial charge in [0.15, 0.2) is 0 Å². The zero-order valence-corrected chi connectivity index (χ0v) is 15.9. The summed E-state index contributed by atoms with van der Waals surface area (Å²) < 4.78 is 0. The van der Waals surface area contributed by atoms with E-state index in [-0.39, 0.29) is 23.5 Å². The van der Waals surface area contributed by atoms with E-state index in [1.807, 2.05) is 12.1 Å². The molecule has 28 heavy (non-hydrogen) atoms. The number of phenols is 1. The molecule has 5 heteroatoms. The molecule has 2 N–H and O–H groups in total. The van der Waals surface area contributed by atoms with Crippen molar-refractivity contribution < 1.29 is 14.7 Å². The summed E-state index contributed by atoms with van der Waals surface area (Å²) in [5, 5.41) is 12.6. The molecule has 4 rings (SSSR count). The number of imide groups is 1. The van der Waals surface area contributed by atoms with Crippen molar-refractivity contribution in [3.63, 3.8) is 0 Å². The SMILES string of the molecule is O=C1CCC(c2cccc(O)c2)(C2CCN(Cc3ccccc3)CC2)C(=O)N1. The highest BCUT2D eigenvalue weighted by atomic mass is 16.3. The fourth-order valence-corrected chi connectivity index (χ4v) is 4.83. The molecule has 146 valence electrons. The zero-order valence-electron chi connectivity index (χ0n) is 15.9. The Bertz CT molecular complexity index is 859. The Morgan fingerprint density at radius 3 is 2.46 bits per heavy atom. The lowest BCUT2D eigenvalue weighted by molar-refractivity contribution is -0.140. The second-order valence-corrected chi connectivity index (χ2v) is 7.94. The van der Waals surface area contributed by atoms with Crippen molar-refractivity contribution in [1.82, 2.24) is 10.2 Å². The highest BCUT2D eigenvalue weighted by Gasteiger charge is 2.50. The Balaban J connectivity index is 1.55. The number of hydrogen-bond acceptors (Lipinski definition) is 4. The van der Waals surface area contributed by atoms with Crippen LogP contribution in [0.15, 0.2) is 54.6 Å². The predicted molar refractivity (Wildman–Crippen MR) is 107 cm³/mol. The monoisotopic (exact) mass is 378 g/mol. The predicted octanol–water partition coefficient (Wildman–Crippen LogP) is 2.98. The van der Waals surface area contributed by atoms with Crippen LogP contribution in [0.5, 0.6) is 5.75 Å². The Labute approximate surface area is 165 Å². The average Bonchev–Trinajstić information content (AvgIpc) is 2.70. The highest BCUT2D eigenvalue weighted by Crippen LogP contribution is 2.45. The van der Waals surface area contributed by atoms with Crippen LogP contribution in [0.4, 0.5) is 0 Å². The van der Waals surface area contributed by atoms with Crippen molar-refractivity contribution in [3.05, 3.63) is 65.7 Å².